The Labute approximate surface area is 178 Å². The average Bonchev–Trinajstić information content (AvgIpc) is 3.23. The molecule has 4 heterocycles. The van der Waals surface area contributed by atoms with Gasteiger partial charge in [-0.15, -0.1) is 0 Å². The number of aromatic nitrogens is 5. The van der Waals surface area contributed by atoms with Crippen LogP contribution < -0.4 is 0 Å². The SMILES string of the molecule is Cc1cnc(C(=O)N2CCC[C@H](c3nc4ccc(-c5cccc(F)c5)cn4n3)C2)cn1. The van der Waals surface area contributed by atoms with Gasteiger partial charge < -0.3 is 4.90 Å². The molecule has 156 valence electrons. The largest absolute Gasteiger partial charge is 0.337 e. The van der Waals surface area contributed by atoms with Crippen LogP contribution in [0.15, 0.2) is 55.0 Å². The number of piperidine rings is 1. The predicted octanol–water partition coefficient (Wildman–Crippen LogP) is 3.65. The molecule has 0 N–H and O–H groups in total. The zero-order valence-electron chi connectivity index (χ0n) is 17.1. The van der Waals surface area contributed by atoms with E-state index in [4.69, 9.17) is 0 Å². The van der Waals surface area contributed by atoms with Gasteiger partial charge in [0.25, 0.3) is 5.91 Å². The molecule has 0 bridgehead atoms. The molecule has 1 aliphatic rings. The molecule has 5 rings (SSSR count). The molecule has 4 aromatic rings. The molecule has 0 aliphatic carbocycles. The highest BCUT2D eigenvalue weighted by molar-refractivity contribution is 5.92. The summed E-state index contributed by atoms with van der Waals surface area (Å²) in [6.07, 6.45) is 6.78. The first-order chi connectivity index (χ1) is 15.1. The van der Waals surface area contributed by atoms with Crippen LogP contribution in [0, 0.1) is 12.7 Å². The molecule has 7 nitrogen and oxygen atoms in total. The Morgan fingerprint density at radius 3 is 2.84 bits per heavy atom. The Morgan fingerprint density at radius 2 is 2.03 bits per heavy atom. The number of benzene rings is 1. The number of aryl methyl sites for hydroxylation is 1. The number of fused-ring (bicyclic) bond motifs is 1. The van der Waals surface area contributed by atoms with Gasteiger partial charge in [0.2, 0.25) is 0 Å². The van der Waals surface area contributed by atoms with Crippen molar-refractivity contribution >= 4 is 11.6 Å². The van der Waals surface area contributed by atoms with Crippen molar-refractivity contribution in [2.75, 3.05) is 13.1 Å². The summed E-state index contributed by atoms with van der Waals surface area (Å²) in [6.45, 7) is 3.07. The van der Waals surface area contributed by atoms with Crippen LogP contribution in [0.3, 0.4) is 0 Å². The second-order valence-electron chi connectivity index (χ2n) is 7.83. The van der Waals surface area contributed by atoms with Crippen molar-refractivity contribution in [3.63, 3.8) is 0 Å². The molecule has 1 fully saturated rings. The fraction of sp³-hybridized carbons (Fsp3) is 0.261. The van der Waals surface area contributed by atoms with E-state index in [1.807, 2.05) is 31.3 Å². The number of pyridine rings is 1. The summed E-state index contributed by atoms with van der Waals surface area (Å²) in [6, 6.07) is 10.3. The van der Waals surface area contributed by atoms with Crippen LogP contribution in [0.4, 0.5) is 4.39 Å². The van der Waals surface area contributed by atoms with Crippen LogP contribution in [-0.2, 0) is 0 Å². The van der Waals surface area contributed by atoms with Gasteiger partial charge in [-0.2, -0.15) is 5.10 Å². The summed E-state index contributed by atoms with van der Waals surface area (Å²) in [7, 11) is 0. The molecule has 0 spiro atoms. The van der Waals surface area contributed by atoms with Crippen LogP contribution in [0.1, 0.15) is 40.8 Å². The van der Waals surface area contributed by atoms with Gasteiger partial charge in [-0.25, -0.2) is 18.9 Å². The summed E-state index contributed by atoms with van der Waals surface area (Å²) < 4.78 is 15.3. The maximum Gasteiger partial charge on any atom is 0.274 e. The molecule has 0 unspecified atom stereocenters. The highest BCUT2D eigenvalue weighted by Crippen LogP contribution is 2.27. The number of hydrogen-bond donors (Lipinski definition) is 0. The molecule has 1 amide bonds. The number of carbonyl (C=O) groups is 1. The maximum absolute atomic E-state index is 13.6. The van der Waals surface area contributed by atoms with Crippen molar-refractivity contribution in [1.29, 1.82) is 0 Å². The van der Waals surface area contributed by atoms with Crippen molar-refractivity contribution in [2.24, 2.45) is 0 Å². The summed E-state index contributed by atoms with van der Waals surface area (Å²) in [5.74, 6) is 0.369. The Balaban J connectivity index is 1.38. The molecule has 1 saturated heterocycles. The van der Waals surface area contributed by atoms with E-state index in [2.05, 4.69) is 20.1 Å². The Hall–Kier alpha value is -3.68. The standard InChI is InChI=1S/C23H21FN6O/c1-15-11-26-20(12-25-15)23(31)29-9-3-5-18(13-29)22-27-21-8-7-17(14-30(21)28-22)16-4-2-6-19(24)10-16/h2,4,6-8,10-12,14,18H,3,5,9,13H2,1H3/t18-/m0/s1. The number of carbonyl (C=O) groups excluding carboxylic acids is 1. The number of halogens is 1. The first-order valence-corrected chi connectivity index (χ1v) is 10.3. The van der Waals surface area contributed by atoms with Crippen LogP contribution in [0.2, 0.25) is 0 Å². The molecule has 1 aliphatic heterocycles. The lowest BCUT2D eigenvalue weighted by molar-refractivity contribution is 0.0698. The van der Waals surface area contributed by atoms with Crippen LogP contribution in [0.25, 0.3) is 16.8 Å². The Kier molecular flexibility index (Phi) is 4.89. The van der Waals surface area contributed by atoms with Gasteiger partial charge in [0.15, 0.2) is 11.5 Å². The summed E-state index contributed by atoms with van der Waals surface area (Å²) >= 11 is 0. The van der Waals surface area contributed by atoms with Gasteiger partial charge in [0.1, 0.15) is 11.5 Å². The third kappa shape index (κ3) is 3.88. The minimum atomic E-state index is -0.276. The number of likely N-dealkylation sites (tertiary alicyclic amines) is 1. The first kappa shape index (κ1) is 19.3. The topological polar surface area (TPSA) is 76.3 Å². The zero-order chi connectivity index (χ0) is 21.4. The summed E-state index contributed by atoms with van der Waals surface area (Å²) in [5.41, 5.74) is 3.51. The van der Waals surface area contributed by atoms with Crippen molar-refractivity contribution in [3.8, 4) is 11.1 Å². The van der Waals surface area contributed by atoms with Gasteiger partial charge in [-0.3, -0.25) is 9.78 Å². The monoisotopic (exact) mass is 416 g/mol. The van der Waals surface area contributed by atoms with Crippen LogP contribution in [0.5, 0.6) is 0 Å². The van der Waals surface area contributed by atoms with Crippen molar-refractivity contribution in [3.05, 3.63) is 78.0 Å². The molecule has 31 heavy (non-hydrogen) atoms. The molecule has 0 radical (unpaired) electrons. The molecule has 3 aromatic heterocycles. The third-order valence-corrected chi connectivity index (χ3v) is 5.58. The van der Waals surface area contributed by atoms with E-state index in [0.717, 1.165) is 35.3 Å². The van der Waals surface area contributed by atoms with E-state index in [1.54, 1.807) is 21.7 Å². The zero-order valence-corrected chi connectivity index (χ0v) is 17.1. The van der Waals surface area contributed by atoms with E-state index in [-0.39, 0.29) is 17.6 Å². The maximum atomic E-state index is 13.6. The van der Waals surface area contributed by atoms with E-state index in [0.29, 0.717) is 24.6 Å². The average molecular weight is 416 g/mol. The van der Waals surface area contributed by atoms with Gasteiger partial charge in [0.05, 0.1) is 11.9 Å². The van der Waals surface area contributed by atoms with Crippen molar-refractivity contribution in [1.82, 2.24) is 29.5 Å². The van der Waals surface area contributed by atoms with E-state index >= 15 is 0 Å². The lowest BCUT2D eigenvalue weighted by Crippen LogP contribution is -2.39. The van der Waals surface area contributed by atoms with E-state index < -0.39 is 0 Å². The number of hydrogen-bond acceptors (Lipinski definition) is 5. The number of amides is 1. The van der Waals surface area contributed by atoms with Gasteiger partial charge in [-0.1, -0.05) is 12.1 Å². The third-order valence-electron chi connectivity index (χ3n) is 5.58. The number of rotatable bonds is 3. The molecule has 1 atom stereocenters. The lowest BCUT2D eigenvalue weighted by Gasteiger charge is -2.31. The van der Waals surface area contributed by atoms with Gasteiger partial charge >= 0.3 is 0 Å². The second kappa shape index (κ2) is 7.86. The Bertz CT molecular complexity index is 1250. The van der Waals surface area contributed by atoms with E-state index in [1.165, 1.54) is 18.3 Å². The Morgan fingerprint density at radius 1 is 1.13 bits per heavy atom. The van der Waals surface area contributed by atoms with Crippen LogP contribution >= 0.6 is 0 Å². The fourth-order valence-electron chi connectivity index (χ4n) is 3.95. The molecular weight excluding hydrogens is 395 g/mol. The second-order valence-corrected chi connectivity index (χ2v) is 7.83. The quantitative estimate of drug-likeness (QED) is 0.510. The number of nitrogens with zero attached hydrogens (tertiary/aromatic N) is 6. The normalized spacial score (nSPS) is 16.6. The molecule has 1 aromatic carbocycles. The summed E-state index contributed by atoms with van der Waals surface area (Å²) in [5, 5.41) is 4.67. The fourth-order valence-corrected chi connectivity index (χ4v) is 3.95. The van der Waals surface area contributed by atoms with E-state index in [9.17, 15) is 9.18 Å². The molecule has 0 saturated carbocycles. The van der Waals surface area contributed by atoms with Gasteiger partial charge in [0, 0.05) is 37.0 Å². The van der Waals surface area contributed by atoms with Crippen LogP contribution in [-0.4, -0.2) is 48.5 Å². The van der Waals surface area contributed by atoms with Gasteiger partial charge in [-0.05, 0) is 49.6 Å². The van der Waals surface area contributed by atoms with Crippen molar-refractivity contribution in [2.45, 2.75) is 25.7 Å². The summed E-state index contributed by atoms with van der Waals surface area (Å²) in [4.78, 5) is 27.7. The minimum Gasteiger partial charge on any atom is -0.337 e. The predicted molar refractivity (Wildman–Crippen MR) is 113 cm³/mol. The highest BCUT2D eigenvalue weighted by Gasteiger charge is 2.28. The van der Waals surface area contributed by atoms with Crippen molar-refractivity contribution < 1.29 is 9.18 Å². The minimum absolute atomic E-state index is 0.0497. The first-order valence-electron chi connectivity index (χ1n) is 10.3. The molecule has 8 heteroatoms. The lowest BCUT2D eigenvalue weighted by atomic mass is 9.97. The highest BCUT2D eigenvalue weighted by atomic mass is 19.1. The molecular formula is C23H21FN6O. The smallest absolute Gasteiger partial charge is 0.274 e.